The van der Waals surface area contributed by atoms with E-state index in [1.54, 1.807) is 0 Å². The van der Waals surface area contributed by atoms with Crippen LogP contribution in [0.15, 0.2) is 49.6 Å². The van der Waals surface area contributed by atoms with Crippen LogP contribution in [0.25, 0.3) is 11.1 Å². The van der Waals surface area contributed by atoms with E-state index in [9.17, 15) is 0 Å². The lowest BCUT2D eigenvalue weighted by Crippen LogP contribution is -2.08. The molecule has 19 heavy (non-hydrogen) atoms. The summed E-state index contributed by atoms with van der Waals surface area (Å²) in [5.41, 5.74) is 7.23. The minimum atomic E-state index is 0.723. The Morgan fingerprint density at radius 1 is 1.16 bits per heavy atom. The third-order valence-electron chi connectivity index (χ3n) is 3.42. The molecule has 1 heterocycles. The molecule has 0 aliphatic carbocycles. The molecule has 0 bridgehead atoms. The first-order valence-electron chi connectivity index (χ1n) is 6.13. The summed E-state index contributed by atoms with van der Waals surface area (Å²) in [5.74, 6) is 0. The van der Waals surface area contributed by atoms with Gasteiger partial charge in [0.1, 0.15) is 0 Å². The third-order valence-corrected chi connectivity index (χ3v) is 3.74. The van der Waals surface area contributed by atoms with Crippen molar-refractivity contribution in [2.45, 2.75) is 6.92 Å². The number of hydrogen-bond donors (Lipinski definition) is 1. The summed E-state index contributed by atoms with van der Waals surface area (Å²) in [5, 5.41) is 4.18. The number of para-hydroxylation sites is 1. The maximum Gasteiger partial charge on any atom is 0.0540 e. The summed E-state index contributed by atoms with van der Waals surface area (Å²) in [6, 6.07) is 12.0. The van der Waals surface area contributed by atoms with Crippen molar-refractivity contribution < 1.29 is 0 Å². The highest BCUT2D eigenvalue weighted by molar-refractivity contribution is 6.33. The Hall–Kier alpha value is -1.99. The lowest BCUT2D eigenvalue weighted by molar-refractivity contribution is 1.41. The van der Waals surface area contributed by atoms with Gasteiger partial charge in [-0.25, -0.2) is 0 Å². The van der Waals surface area contributed by atoms with Gasteiger partial charge in [-0.1, -0.05) is 49.0 Å². The van der Waals surface area contributed by atoms with Crippen LogP contribution in [0.4, 0.5) is 11.4 Å². The first-order chi connectivity index (χ1) is 9.09. The van der Waals surface area contributed by atoms with E-state index in [0.29, 0.717) is 0 Å². The van der Waals surface area contributed by atoms with Gasteiger partial charge >= 0.3 is 0 Å². The first-order valence-corrected chi connectivity index (χ1v) is 6.51. The first kappa shape index (κ1) is 12.1. The third kappa shape index (κ3) is 1.78. The molecule has 1 N–H and O–H groups in total. The molecule has 2 heteroatoms. The summed E-state index contributed by atoms with van der Waals surface area (Å²) in [6.07, 6.45) is 0. The number of hydrogen-bond acceptors (Lipinski definition) is 1. The summed E-state index contributed by atoms with van der Waals surface area (Å²) >= 11 is 6.29. The van der Waals surface area contributed by atoms with Crippen LogP contribution in [-0.4, -0.2) is 0 Å². The Bertz CT molecular complexity index is 713. The zero-order valence-electron chi connectivity index (χ0n) is 10.8. The Morgan fingerprint density at radius 3 is 2.63 bits per heavy atom. The van der Waals surface area contributed by atoms with Gasteiger partial charge in [0.15, 0.2) is 0 Å². The second-order valence-electron chi connectivity index (χ2n) is 4.77. The van der Waals surface area contributed by atoms with E-state index in [4.69, 9.17) is 11.6 Å². The smallest absolute Gasteiger partial charge is 0.0540 e. The second kappa shape index (κ2) is 4.29. The number of anilines is 2. The van der Waals surface area contributed by atoms with Crippen LogP contribution in [0, 0.1) is 0 Å². The number of benzene rings is 2. The van der Waals surface area contributed by atoms with E-state index in [2.05, 4.69) is 30.6 Å². The summed E-state index contributed by atoms with van der Waals surface area (Å²) < 4.78 is 0. The van der Waals surface area contributed by atoms with E-state index in [-0.39, 0.29) is 0 Å². The number of halogens is 1. The molecule has 0 spiro atoms. The maximum atomic E-state index is 6.29. The summed E-state index contributed by atoms with van der Waals surface area (Å²) in [6.45, 7) is 10.2. The highest BCUT2D eigenvalue weighted by Crippen LogP contribution is 2.45. The van der Waals surface area contributed by atoms with Crippen LogP contribution in [0.3, 0.4) is 0 Å². The second-order valence-corrected chi connectivity index (χ2v) is 5.18. The molecular weight excluding hydrogens is 254 g/mol. The lowest BCUT2D eigenvalue weighted by Gasteiger charge is -2.26. The SMILES string of the molecule is C=C(C)c1cccc2c1Nc1cccc(Cl)c1C2=C. The standard InChI is InChI=1S/C17H14ClN/c1-10(2)12-6-4-7-13-11(3)16-14(18)8-5-9-15(16)19-17(12)13/h4-9,19H,1,3H2,2H3. The Morgan fingerprint density at radius 2 is 1.89 bits per heavy atom. The summed E-state index contributed by atoms with van der Waals surface area (Å²) in [7, 11) is 0. The zero-order valence-corrected chi connectivity index (χ0v) is 11.5. The molecule has 0 radical (unpaired) electrons. The number of nitrogens with one attached hydrogen (secondary N) is 1. The quantitative estimate of drug-likeness (QED) is 0.615. The number of rotatable bonds is 1. The van der Waals surface area contributed by atoms with Gasteiger partial charge in [0.25, 0.3) is 0 Å². The largest absolute Gasteiger partial charge is 0.354 e. The van der Waals surface area contributed by atoms with Crippen LogP contribution in [0.5, 0.6) is 0 Å². The van der Waals surface area contributed by atoms with Gasteiger partial charge in [-0.2, -0.15) is 0 Å². The summed E-state index contributed by atoms with van der Waals surface area (Å²) in [4.78, 5) is 0. The molecule has 2 aromatic carbocycles. The molecule has 0 saturated carbocycles. The fourth-order valence-electron chi connectivity index (χ4n) is 2.50. The molecule has 3 rings (SSSR count). The highest BCUT2D eigenvalue weighted by atomic mass is 35.5. The predicted octanol–water partition coefficient (Wildman–Crippen LogP) is 5.49. The topological polar surface area (TPSA) is 12.0 Å². The van der Waals surface area contributed by atoms with Gasteiger partial charge in [0, 0.05) is 22.4 Å². The van der Waals surface area contributed by atoms with Gasteiger partial charge in [-0.15, -0.1) is 0 Å². The van der Waals surface area contributed by atoms with Crippen molar-refractivity contribution in [3.8, 4) is 0 Å². The van der Waals surface area contributed by atoms with E-state index in [1.165, 1.54) is 0 Å². The number of allylic oxidation sites excluding steroid dienone is 1. The minimum Gasteiger partial charge on any atom is -0.354 e. The van der Waals surface area contributed by atoms with Crippen LogP contribution < -0.4 is 5.32 Å². The van der Waals surface area contributed by atoms with Crippen molar-refractivity contribution in [3.63, 3.8) is 0 Å². The molecule has 0 saturated heterocycles. The van der Waals surface area contributed by atoms with Gasteiger partial charge in [0.05, 0.1) is 10.7 Å². The highest BCUT2D eigenvalue weighted by Gasteiger charge is 2.22. The van der Waals surface area contributed by atoms with Crippen molar-refractivity contribution >= 4 is 34.1 Å². The van der Waals surface area contributed by atoms with Crippen molar-refractivity contribution in [1.82, 2.24) is 0 Å². The van der Waals surface area contributed by atoms with Gasteiger partial charge in [-0.3, -0.25) is 0 Å². The van der Waals surface area contributed by atoms with Gasteiger partial charge in [-0.05, 0) is 30.2 Å². The Kier molecular flexibility index (Phi) is 2.72. The predicted molar refractivity (Wildman–Crippen MR) is 84.0 cm³/mol. The molecule has 0 fully saturated rings. The molecule has 0 aromatic heterocycles. The maximum absolute atomic E-state index is 6.29. The van der Waals surface area contributed by atoms with Crippen molar-refractivity contribution in [2.75, 3.05) is 5.32 Å². The van der Waals surface area contributed by atoms with E-state index in [0.717, 1.165) is 44.2 Å². The monoisotopic (exact) mass is 267 g/mol. The van der Waals surface area contributed by atoms with Crippen LogP contribution in [0.1, 0.15) is 23.6 Å². The lowest BCUT2D eigenvalue weighted by atomic mass is 9.89. The van der Waals surface area contributed by atoms with Crippen molar-refractivity contribution in [2.24, 2.45) is 0 Å². The average molecular weight is 268 g/mol. The molecule has 1 nitrogen and oxygen atoms in total. The fourth-order valence-corrected chi connectivity index (χ4v) is 2.79. The number of fused-ring (bicyclic) bond motifs is 2. The molecule has 0 unspecified atom stereocenters. The van der Waals surface area contributed by atoms with Crippen LogP contribution in [0.2, 0.25) is 5.02 Å². The molecule has 0 atom stereocenters. The zero-order chi connectivity index (χ0) is 13.6. The molecule has 1 aliphatic heterocycles. The van der Waals surface area contributed by atoms with Crippen molar-refractivity contribution in [1.29, 1.82) is 0 Å². The van der Waals surface area contributed by atoms with Crippen molar-refractivity contribution in [3.05, 3.63) is 71.3 Å². The van der Waals surface area contributed by atoms with Crippen LogP contribution >= 0.6 is 11.6 Å². The Balaban J connectivity index is 2.27. The van der Waals surface area contributed by atoms with E-state index in [1.807, 2.05) is 31.2 Å². The fraction of sp³-hybridized carbons (Fsp3) is 0.0588. The molecule has 2 aromatic rings. The molecular formula is C17H14ClN. The molecule has 94 valence electrons. The van der Waals surface area contributed by atoms with Gasteiger partial charge < -0.3 is 5.32 Å². The van der Waals surface area contributed by atoms with Gasteiger partial charge in [0.2, 0.25) is 0 Å². The molecule has 1 aliphatic rings. The Labute approximate surface area is 118 Å². The normalized spacial score (nSPS) is 12.4. The van der Waals surface area contributed by atoms with E-state index < -0.39 is 0 Å². The van der Waals surface area contributed by atoms with E-state index >= 15 is 0 Å². The van der Waals surface area contributed by atoms with Crippen LogP contribution in [-0.2, 0) is 0 Å². The molecule has 0 amide bonds. The average Bonchev–Trinajstić information content (AvgIpc) is 2.38. The minimum absolute atomic E-state index is 0.723.